The molecule has 6 heteroatoms. The summed E-state index contributed by atoms with van der Waals surface area (Å²) < 4.78 is 19.1. The van der Waals surface area contributed by atoms with Gasteiger partial charge < -0.3 is 14.6 Å². The van der Waals surface area contributed by atoms with E-state index in [1.165, 1.54) is 24.4 Å². The van der Waals surface area contributed by atoms with Gasteiger partial charge >= 0.3 is 0 Å². The van der Waals surface area contributed by atoms with Gasteiger partial charge in [-0.15, -0.1) is 0 Å². The van der Waals surface area contributed by atoms with Crippen molar-refractivity contribution in [1.82, 2.24) is 9.88 Å². The molecule has 1 saturated heterocycles. The van der Waals surface area contributed by atoms with Crippen LogP contribution in [-0.4, -0.2) is 41.6 Å². The van der Waals surface area contributed by atoms with Gasteiger partial charge in [-0.3, -0.25) is 9.59 Å². The number of aromatic nitrogens is 1. The van der Waals surface area contributed by atoms with Crippen LogP contribution in [0.3, 0.4) is 0 Å². The number of carbonyl (C=O) groups is 1. The molecule has 1 atom stereocenters. The highest BCUT2D eigenvalue weighted by Crippen LogP contribution is 2.20. The number of fused-ring (bicyclic) bond motifs is 1. The summed E-state index contributed by atoms with van der Waals surface area (Å²) >= 11 is 0. The Morgan fingerprint density at radius 1 is 1.48 bits per heavy atom. The van der Waals surface area contributed by atoms with Crippen molar-refractivity contribution in [3.8, 4) is 0 Å². The van der Waals surface area contributed by atoms with Crippen LogP contribution < -0.4 is 5.43 Å². The second kappa shape index (κ2) is 6.50. The number of benzene rings is 1. The normalized spacial score (nSPS) is 17.8. The van der Waals surface area contributed by atoms with Crippen LogP contribution in [0.2, 0.25) is 0 Å². The van der Waals surface area contributed by atoms with Gasteiger partial charge in [0.2, 0.25) is 5.43 Å². The van der Waals surface area contributed by atoms with E-state index in [9.17, 15) is 14.0 Å². The van der Waals surface area contributed by atoms with Crippen molar-refractivity contribution in [1.29, 1.82) is 0 Å². The Morgan fingerprint density at radius 2 is 2.30 bits per heavy atom. The molecule has 122 valence electrons. The fourth-order valence-electron chi connectivity index (χ4n) is 3.06. The number of rotatable bonds is 4. The van der Waals surface area contributed by atoms with E-state index < -0.39 is 11.2 Å². The third-order valence-electron chi connectivity index (χ3n) is 4.25. The SMILES string of the molecule is CCOC[C@@H]1CCCN1C(=O)c1c[nH]c2c(F)cccc2c1=O. The number of hydrogen-bond donors (Lipinski definition) is 1. The molecule has 23 heavy (non-hydrogen) atoms. The molecule has 1 N–H and O–H groups in total. The summed E-state index contributed by atoms with van der Waals surface area (Å²) in [5.41, 5.74) is -0.266. The molecular weight excluding hydrogens is 299 g/mol. The van der Waals surface area contributed by atoms with Crippen LogP contribution in [0.1, 0.15) is 30.1 Å². The summed E-state index contributed by atoms with van der Waals surface area (Å²) in [7, 11) is 0. The van der Waals surface area contributed by atoms with E-state index in [0.717, 1.165) is 12.8 Å². The third-order valence-corrected chi connectivity index (χ3v) is 4.25. The molecule has 1 aliphatic rings. The number of ether oxygens (including phenoxy) is 1. The quantitative estimate of drug-likeness (QED) is 0.941. The van der Waals surface area contributed by atoms with Crippen LogP contribution in [-0.2, 0) is 4.74 Å². The molecule has 2 heterocycles. The van der Waals surface area contributed by atoms with Crippen LogP contribution in [0.4, 0.5) is 4.39 Å². The maximum absolute atomic E-state index is 13.7. The second-order valence-corrected chi connectivity index (χ2v) is 5.65. The van der Waals surface area contributed by atoms with E-state index in [2.05, 4.69) is 4.98 Å². The van der Waals surface area contributed by atoms with Crippen molar-refractivity contribution in [3.05, 3.63) is 46.0 Å². The first kappa shape index (κ1) is 15.7. The lowest BCUT2D eigenvalue weighted by molar-refractivity contribution is 0.0563. The Morgan fingerprint density at radius 3 is 3.09 bits per heavy atom. The van der Waals surface area contributed by atoms with E-state index in [1.54, 1.807) is 4.90 Å². The smallest absolute Gasteiger partial charge is 0.259 e. The summed E-state index contributed by atoms with van der Waals surface area (Å²) in [6.45, 7) is 3.58. The topological polar surface area (TPSA) is 62.4 Å². The van der Waals surface area contributed by atoms with E-state index >= 15 is 0 Å². The predicted octanol–water partition coefficient (Wildman–Crippen LogP) is 2.31. The van der Waals surface area contributed by atoms with Gasteiger partial charge in [0.15, 0.2) is 0 Å². The van der Waals surface area contributed by atoms with Crippen LogP contribution in [0.5, 0.6) is 0 Å². The molecule has 0 bridgehead atoms. The summed E-state index contributed by atoms with van der Waals surface area (Å²) in [5.74, 6) is -0.825. The van der Waals surface area contributed by atoms with Crippen LogP contribution in [0.15, 0.2) is 29.2 Å². The van der Waals surface area contributed by atoms with E-state index in [-0.39, 0.29) is 28.4 Å². The molecular formula is C17H19FN2O3. The molecule has 1 aromatic heterocycles. The van der Waals surface area contributed by atoms with E-state index in [1.807, 2.05) is 6.92 Å². The Kier molecular flexibility index (Phi) is 4.43. The molecule has 0 aliphatic carbocycles. The van der Waals surface area contributed by atoms with E-state index in [4.69, 9.17) is 4.74 Å². The van der Waals surface area contributed by atoms with Gasteiger partial charge in [-0.05, 0) is 31.9 Å². The predicted molar refractivity (Wildman–Crippen MR) is 85.1 cm³/mol. The third kappa shape index (κ3) is 2.86. The maximum Gasteiger partial charge on any atom is 0.259 e. The Hall–Kier alpha value is -2.21. The molecule has 1 aromatic carbocycles. The Labute approximate surface area is 133 Å². The van der Waals surface area contributed by atoms with Crippen LogP contribution in [0, 0.1) is 5.82 Å². The van der Waals surface area contributed by atoms with Crippen molar-refractivity contribution in [2.24, 2.45) is 0 Å². The maximum atomic E-state index is 13.7. The minimum atomic E-state index is -0.506. The first-order valence-electron chi connectivity index (χ1n) is 7.82. The molecule has 3 rings (SSSR count). The number of pyridine rings is 1. The minimum Gasteiger partial charge on any atom is -0.380 e. The van der Waals surface area contributed by atoms with Crippen LogP contribution in [0.25, 0.3) is 10.9 Å². The molecule has 5 nitrogen and oxygen atoms in total. The number of likely N-dealkylation sites (tertiary alicyclic amines) is 1. The van der Waals surface area contributed by atoms with Gasteiger partial charge in [0, 0.05) is 24.7 Å². The number of H-pyrrole nitrogens is 1. The molecule has 1 fully saturated rings. The van der Waals surface area contributed by atoms with Crippen molar-refractivity contribution in [3.63, 3.8) is 0 Å². The number of carbonyl (C=O) groups excluding carboxylic acids is 1. The fourth-order valence-corrected chi connectivity index (χ4v) is 3.06. The number of nitrogens with zero attached hydrogens (tertiary/aromatic N) is 1. The van der Waals surface area contributed by atoms with Gasteiger partial charge in [-0.2, -0.15) is 0 Å². The van der Waals surface area contributed by atoms with Gasteiger partial charge in [0.1, 0.15) is 11.4 Å². The number of nitrogens with one attached hydrogen (secondary N) is 1. The van der Waals surface area contributed by atoms with Crippen molar-refractivity contribution in [2.45, 2.75) is 25.8 Å². The lowest BCUT2D eigenvalue weighted by Gasteiger charge is -2.24. The number of amides is 1. The largest absolute Gasteiger partial charge is 0.380 e. The highest BCUT2D eigenvalue weighted by Gasteiger charge is 2.31. The standard InChI is InChI=1S/C17H19FN2O3/c1-2-23-10-11-5-4-8-20(11)17(22)13-9-19-15-12(16(13)21)6-3-7-14(15)18/h3,6-7,9,11H,2,4-5,8,10H2,1H3,(H,19,21)/t11-/m0/s1. The molecule has 2 aromatic rings. The van der Waals surface area contributed by atoms with E-state index in [0.29, 0.717) is 19.8 Å². The molecule has 0 radical (unpaired) electrons. The van der Waals surface area contributed by atoms with Crippen molar-refractivity contribution < 1.29 is 13.9 Å². The summed E-state index contributed by atoms with van der Waals surface area (Å²) in [6, 6.07) is 4.26. The average Bonchev–Trinajstić information content (AvgIpc) is 3.02. The zero-order chi connectivity index (χ0) is 16.4. The molecule has 1 aliphatic heterocycles. The Bertz CT molecular complexity index is 787. The highest BCUT2D eigenvalue weighted by atomic mass is 19.1. The van der Waals surface area contributed by atoms with Gasteiger partial charge in [-0.25, -0.2) is 4.39 Å². The monoisotopic (exact) mass is 318 g/mol. The molecule has 0 saturated carbocycles. The van der Waals surface area contributed by atoms with Crippen LogP contribution >= 0.6 is 0 Å². The Balaban J connectivity index is 1.95. The average molecular weight is 318 g/mol. The first-order valence-corrected chi connectivity index (χ1v) is 7.82. The summed E-state index contributed by atoms with van der Waals surface area (Å²) in [6.07, 6.45) is 3.07. The second-order valence-electron chi connectivity index (χ2n) is 5.65. The molecule has 0 spiro atoms. The van der Waals surface area contributed by atoms with Gasteiger partial charge in [0.25, 0.3) is 5.91 Å². The number of halogens is 1. The molecule has 0 unspecified atom stereocenters. The number of para-hydroxylation sites is 1. The zero-order valence-electron chi connectivity index (χ0n) is 13.0. The van der Waals surface area contributed by atoms with Gasteiger partial charge in [-0.1, -0.05) is 6.07 Å². The lowest BCUT2D eigenvalue weighted by atomic mass is 10.1. The molecule has 1 amide bonds. The summed E-state index contributed by atoms with van der Waals surface area (Å²) in [4.78, 5) is 29.7. The fraction of sp³-hybridized carbons (Fsp3) is 0.412. The summed E-state index contributed by atoms with van der Waals surface area (Å²) in [5, 5.41) is 0.191. The highest BCUT2D eigenvalue weighted by molar-refractivity contribution is 5.97. The zero-order valence-corrected chi connectivity index (χ0v) is 13.0. The van der Waals surface area contributed by atoms with Gasteiger partial charge in [0.05, 0.1) is 18.2 Å². The van der Waals surface area contributed by atoms with Crippen molar-refractivity contribution in [2.75, 3.05) is 19.8 Å². The number of hydrogen-bond acceptors (Lipinski definition) is 3. The lowest BCUT2D eigenvalue weighted by Crippen LogP contribution is -2.40. The first-order chi connectivity index (χ1) is 11.1. The number of aromatic amines is 1. The van der Waals surface area contributed by atoms with Crippen molar-refractivity contribution >= 4 is 16.8 Å². The minimum absolute atomic E-state index is 0.00921.